The summed E-state index contributed by atoms with van der Waals surface area (Å²) in [6.45, 7) is 2.18. The van der Waals surface area contributed by atoms with Crippen LogP contribution in [0.2, 0.25) is 0 Å². The van der Waals surface area contributed by atoms with E-state index in [-0.39, 0.29) is 18.7 Å². The molecule has 0 aromatic carbocycles. The second-order valence-electron chi connectivity index (χ2n) is 3.08. The molecule has 12 heavy (non-hydrogen) atoms. The summed E-state index contributed by atoms with van der Waals surface area (Å²) in [6, 6.07) is 1.64. The zero-order valence-corrected chi connectivity index (χ0v) is 7.01. The number of halogens is 1. The highest BCUT2D eigenvalue weighted by atomic mass is 19.1. The van der Waals surface area contributed by atoms with Crippen molar-refractivity contribution in [1.29, 1.82) is 5.26 Å². The van der Waals surface area contributed by atoms with Gasteiger partial charge >= 0.3 is 0 Å². The smallest absolute Gasteiger partial charge is 0.219 e. The Kier molecular flexibility index (Phi) is 2.32. The standard InChI is InChI=1S/C8H11FN2O/c1-7(12)11-4-2-8(9,6-10)3-5-11/h2-5H2,1H3. The maximum absolute atomic E-state index is 13.2. The lowest BCUT2D eigenvalue weighted by Crippen LogP contribution is -2.42. The zero-order chi connectivity index (χ0) is 9.19. The Labute approximate surface area is 70.8 Å². The zero-order valence-electron chi connectivity index (χ0n) is 7.01. The minimum Gasteiger partial charge on any atom is -0.343 e. The lowest BCUT2D eigenvalue weighted by molar-refractivity contribution is -0.130. The van der Waals surface area contributed by atoms with Crippen molar-refractivity contribution in [3.63, 3.8) is 0 Å². The van der Waals surface area contributed by atoms with E-state index in [0.717, 1.165) is 0 Å². The quantitative estimate of drug-likeness (QED) is 0.541. The van der Waals surface area contributed by atoms with Gasteiger partial charge in [-0.25, -0.2) is 4.39 Å². The Morgan fingerprint density at radius 1 is 1.58 bits per heavy atom. The van der Waals surface area contributed by atoms with Crippen LogP contribution in [0.5, 0.6) is 0 Å². The third-order valence-electron chi connectivity index (χ3n) is 2.20. The van der Waals surface area contributed by atoms with Crippen LogP contribution < -0.4 is 0 Å². The molecule has 0 radical (unpaired) electrons. The fraction of sp³-hybridized carbons (Fsp3) is 0.750. The number of nitriles is 1. The van der Waals surface area contributed by atoms with Crippen LogP contribution >= 0.6 is 0 Å². The van der Waals surface area contributed by atoms with Crippen LogP contribution in [0, 0.1) is 11.3 Å². The van der Waals surface area contributed by atoms with E-state index in [1.165, 1.54) is 6.92 Å². The molecule has 1 rings (SSSR count). The van der Waals surface area contributed by atoms with Gasteiger partial charge in [-0.15, -0.1) is 0 Å². The fourth-order valence-corrected chi connectivity index (χ4v) is 1.29. The maximum Gasteiger partial charge on any atom is 0.219 e. The molecule has 1 amide bonds. The highest BCUT2D eigenvalue weighted by Crippen LogP contribution is 2.25. The summed E-state index contributed by atoms with van der Waals surface area (Å²) in [5, 5.41) is 8.45. The van der Waals surface area contributed by atoms with E-state index in [0.29, 0.717) is 13.1 Å². The average molecular weight is 170 g/mol. The van der Waals surface area contributed by atoms with Gasteiger partial charge in [-0.2, -0.15) is 5.26 Å². The third kappa shape index (κ3) is 1.73. The lowest BCUT2D eigenvalue weighted by Gasteiger charge is -2.31. The van der Waals surface area contributed by atoms with Crippen molar-refractivity contribution >= 4 is 5.91 Å². The van der Waals surface area contributed by atoms with Crippen molar-refractivity contribution in [1.82, 2.24) is 4.90 Å². The SMILES string of the molecule is CC(=O)N1CCC(F)(C#N)CC1. The first-order valence-corrected chi connectivity index (χ1v) is 3.93. The van der Waals surface area contributed by atoms with Crippen LogP contribution in [-0.4, -0.2) is 29.6 Å². The predicted molar refractivity (Wildman–Crippen MR) is 40.9 cm³/mol. The van der Waals surface area contributed by atoms with Crippen LogP contribution in [-0.2, 0) is 4.79 Å². The van der Waals surface area contributed by atoms with Gasteiger partial charge in [0.15, 0.2) is 5.67 Å². The summed E-state index contributed by atoms with van der Waals surface area (Å²) in [4.78, 5) is 12.4. The molecular weight excluding hydrogens is 159 g/mol. The van der Waals surface area contributed by atoms with Crippen molar-refractivity contribution in [3.8, 4) is 6.07 Å². The molecule has 66 valence electrons. The molecule has 1 aliphatic rings. The summed E-state index contributed by atoms with van der Waals surface area (Å²) in [6.07, 6.45) is 0.284. The molecule has 1 heterocycles. The number of carbonyl (C=O) groups is 1. The molecule has 0 aliphatic carbocycles. The van der Waals surface area contributed by atoms with Gasteiger partial charge < -0.3 is 4.90 Å². The van der Waals surface area contributed by atoms with Crippen LogP contribution in [0.4, 0.5) is 4.39 Å². The molecular formula is C8H11FN2O. The normalized spacial score (nSPS) is 21.6. The number of nitrogens with zero attached hydrogens (tertiary/aromatic N) is 2. The lowest BCUT2D eigenvalue weighted by atomic mass is 9.95. The molecule has 1 fully saturated rings. The molecule has 4 heteroatoms. The minimum atomic E-state index is -1.70. The fourth-order valence-electron chi connectivity index (χ4n) is 1.29. The van der Waals surface area contributed by atoms with E-state index >= 15 is 0 Å². The highest BCUT2D eigenvalue weighted by Gasteiger charge is 2.34. The van der Waals surface area contributed by atoms with Gasteiger partial charge in [0.1, 0.15) is 6.07 Å². The second kappa shape index (κ2) is 3.10. The van der Waals surface area contributed by atoms with Gasteiger partial charge in [0.05, 0.1) is 0 Å². The number of carbonyl (C=O) groups excluding carboxylic acids is 1. The summed E-state index contributed by atoms with van der Waals surface area (Å²) in [7, 11) is 0. The van der Waals surface area contributed by atoms with Crippen molar-refractivity contribution < 1.29 is 9.18 Å². The number of hydrogen-bond donors (Lipinski definition) is 0. The summed E-state index contributed by atoms with van der Waals surface area (Å²) in [5.74, 6) is -0.0463. The van der Waals surface area contributed by atoms with Crippen molar-refractivity contribution in [3.05, 3.63) is 0 Å². The van der Waals surface area contributed by atoms with E-state index in [9.17, 15) is 9.18 Å². The molecule has 0 saturated carbocycles. The highest BCUT2D eigenvalue weighted by molar-refractivity contribution is 5.73. The van der Waals surface area contributed by atoms with E-state index in [1.807, 2.05) is 0 Å². The molecule has 0 aromatic heterocycles. The van der Waals surface area contributed by atoms with Gasteiger partial charge in [0, 0.05) is 32.9 Å². The van der Waals surface area contributed by atoms with E-state index < -0.39 is 5.67 Å². The minimum absolute atomic E-state index is 0.0463. The van der Waals surface area contributed by atoms with Gasteiger partial charge in [0.25, 0.3) is 0 Å². The Balaban J connectivity index is 2.51. The van der Waals surface area contributed by atoms with Gasteiger partial charge in [-0.1, -0.05) is 0 Å². The Morgan fingerprint density at radius 3 is 2.42 bits per heavy atom. The van der Waals surface area contributed by atoms with E-state index in [2.05, 4.69) is 0 Å². The molecule has 1 saturated heterocycles. The van der Waals surface area contributed by atoms with Crippen LogP contribution in [0.25, 0.3) is 0 Å². The molecule has 0 N–H and O–H groups in total. The topological polar surface area (TPSA) is 44.1 Å². The average Bonchev–Trinajstić information content (AvgIpc) is 2.05. The molecule has 0 unspecified atom stereocenters. The van der Waals surface area contributed by atoms with Crippen molar-refractivity contribution in [2.75, 3.05) is 13.1 Å². The van der Waals surface area contributed by atoms with Gasteiger partial charge in [-0.05, 0) is 0 Å². The van der Waals surface area contributed by atoms with Crippen molar-refractivity contribution in [2.45, 2.75) is 25.4 Å². The van der Waals surface area contributed by atoms with Crippen LogP contribution in [0.3, 0.4) is 0 Å². The first-order valence-electron chi connectivity index (χ1n) is 3.93. The number of amides is 1. The number of likely N-dealkylation sites (tertiary alicyclic amines) is 1. The molecule has 3 nitrogen and oxygen atoms in total. The van der Waals surface area contributed by atoms with Crippen LogP contribution in [0.1, 0.15) is 19.8 Å². The molecule has 1 aliphatic heterocycles. The molecule has 0 spiro atoms. The number of piperidine rings is 1. The van der Waals surface area contributed by atoms with E-state index in [1.54, 1.807) is 11.0 Å². The summed E-state index contributed by atoms with van der Waals surface area (Å²) >= 11 is 0. The second-order valence-corrected chi connectivity index (χ2v) is 3.08. The molecule has 0 atom stereocenters. The monoisotopic (exact) mass is 170 g/mol. The Morgan fingerprint density at radius 2 is 2.08 bits per heavy atom. The van der Waals surface area contributed by atoms with Gasteiger partial charge in [-0.3, -0.25) is 4.79 Å². The first-order chi connectivity index (χ1) is 5.57. The maximum atomic E-state index is 13.2. The van der Waals surface area contributed by atoms with E-state index in [4.69, 9.17) is 5.26 Å². The third-order valence-corrected chi connectivity index (χ3v) is 2.20. The number of hydrogen-bond acceptors (Lipinski definition) is 2. The molecule has 0 bridgehead atoms. The number of rotatable bonds is 0. The first kappa shape index (κ1) is 8.98. The molecule has 0 aromatic rings. The van der Waals surface area contributed by atoms with Crippen LogP contribution in [0.15, 0.2) is 0 Å². The largest absolute Gasteiger partial charge is 0.343 e. The predicted octanol–water partition coefficient (Wildman–Crippen LogP) is 0.861. The Bertz CT molecular complexity index is 226. The summed E-state index contributed by atoms with van der Waals surface area (Å²) in [5.41, 5.74) is -1.70. The number of alkyl halides is 1. The summed E-state index contributed by atoms with van der Waals surface area (Å²) < 4.78 is 13.2. The van der Waals surface area contributed by atoms with Gasteiger partial charge in [0.2, 0.25) is 5.91 Å². The Hall–Kier alpha value is -1.11. The van der Waals surface area contributed by atoms with Crippen molar-refractivity contribution in [2.24, 2.45) is 0 Å².